The molecule has 0 bridgehead atoms. The molecule has 127 valence electrons. The predicted octanol–water partition coefficient (Wildman–Crippen LogP) is 1.70. The molecule has 1 amide bonds. The van der Waals surface area contributed by atoms with Crippen LogP contribution in [0.15, 0.2) is 60.8 Å². The lowest BCUT2D eigenvalue weighted by molar-refractivity contribution is -0.137. The molecule has 1 aromatic carbocycles. The molecule has 0 saturated heterocycles. The van der Waals surface area contributed by atoms with E-state index in [1.807, 2.05) is 30.3 Å². The molecule has 0 saturated carbocycles. The number of ketones is 1. The maximum atomic E-state index is 12.3. The second-order valence-electron chi connectivity index (χ2n) is 5.21. The number of hydrogen-bond donors (Lipinski definition) is 1. The van der Waals surface area contributed by atoms with Gasteiger partial charge < -0.3 is 0 Å². The van der Waals surface area contributed by atoms with Gasteiger partial charge in [0.05, 0.1) is 12.2 Å². The first-order chi connectivity index (χ1) is 12.1. The smallest absolute Gasteiger partial charge is 0.234 e. The number of nitrogens with one attached hydrogen (secondary N) is 1. The molecule has 2 aromatic rings. The first-order valence-electron chi connectivity index (χ1n) is 7.69. The quantitative estimate of drug-likeness (QED) is 0.451. The molecule has 1 N–H and O–H groups in total. The largest absolute Gasteiger partial charge is 0.292 e. The van der Waals surface area contributed by atoms with Crippen LogP contribution in [0, 0.1) is 0 Å². The summed E-state index contributed by atoms with van der Waals surface area (Å²) >= 11 is 0. The molecule has 1 aromatic heterocycles. The molecule has 0 spiro atoms. The van der Waals surface area contributed by atoms with Gasteiger partial charge in [-0.3, -0.25) is 24.4 Å². The minimum absolute atomic E-state index is 0.203. The Hall–Kier alpha value is -3.12. The van der Waals surface area contributed by atoms with E-state index in [-0.39, 0.29) is 6.54 Å². The number of pyridine rings is 1. The van der Waals surface area contributed by atoms with Crippen molar-refractivity contribution in [2.75, 3.05) is 0 Å². The molecule has 1 radical (unpaired) electrons. The highest BCUT2D eigenvalue weighted by Crippen LogP contribution is 2.05. The van der Waals surface area contributed by atoms with E-state index < -0.39 is 17.7 Å². The number of carbonyl (C=O) groups excluding carboxylic acids is 3. The highest BCUT2D eigenvalue weighted by molar-refractivity contribution is 6.08. The Kier molecular flexibility index (Phi) is 6.74. The molecule has 0 aliphatic carbocycles. The van der Waals surface area contributed by atoms with Crippen molar-refractivity contribution in [1.82, 2.24) is 15.4 Å². The SMILES string of the molecule is CC(=O)N(NCc1ccccn1)C([C]=O)C(=O)C=Cc1ccccc1. The van der Waals surface area contributed by atoms with Gasteiger partial charge in [-0.15, -0.1) is 0 Å². The maximum Gasteiger partial charge on any atom is 0.234 e. The number of hydrazine groups is 1. The van der Waals surface area contributed by atoms with Crippen LogP contribution in [0.1, 0.15) is 18.2 Å². The van der Waals surface area contributed by atoms with E-state index in [1.54, 1.807) is 36.8 Å². The number of benzene rings is 1. The minimum atomic E-state index is -1.36. The van der Waals surface area contributed by atoms with E-state index in [2.05, 4.69) is 10.4 Å². The molecule has 0 aliphatic rings. The average Bonchev–Trinajstić information content (AvgIpc) is 2.64. The Morgan fingerprint density at radius 2 is 1.92 bits per heavy atom. The van der Waals surface area contributed by atoms with Crippen molar-refractivity contribution >= 4 is 24.1 Å². The topological polar surface area (TPSA) is 79.4 Å². The van der Waals surface area contributed by atoms with E-state index in [0.717, 1.165) is 10.6 Å². The van der Waals surface area contributed by atoms with Crippen molar-refractivity contribution in [1.29, 1.82) is 0 Å². The van der Waals surface area contributed by atoms with Gasteiger partial charge in [0.15, 0.2) is 11.8 Å². The number of hydrogen-bond acceptors (Lipinski definition) is 5. The summed E-state index contributed by atoms with van der Waals surface area (Å²) in [5, 5.41) is 0.972. The van der Waals surface area contributed by atoms with Crippen molar-refractivity contribution in [2.24, 2.45) is 0 Å². The molecular weight excluding hydrogens is 318 g/mol. The number of amides is 1. The summed E-state index contributed by atoms with van der Waals surface area (Å²) in [6.07, 6.45) is 6.10. The monoisotopic (exact) mass is 336 g/mol. The Morgan fingerprint density at radius 3 is 2.52 bits per heavy atom. The van der Waals surface area contributed by atoms with Gasteiger partial charge in [0.25, 0.3) is 0 Å². The van der Waals surface area contributed by atoms with Crippen LogP contribution in [-0.2, 0) is 20.9 Å². The van der Waals surface area contributed by atoms with Crippen LogP contribution in [-0.4, -0.2) is 34.0 Å². The molecule has 6 heteroatoms. The zero-order valence-electron chi connectivity index (χ0n) is 13.8. The molecule has 2 rings (SSSR count). The first kappa shape index (κ1) is 18.2. The lowest BCUT2D eigenvalue weighted by Crippen LogP contribution is -2.52. The summed E-state index contributed by atoms with van der Waals surface area (Å²) in [5.41, 5.74) is 4.26. The minimum Gasteiger partial charge on any atom is -0.292 e. The van der Waals surface area contributed by atoms with E-state index in [0.29, 0.717) is 5.69 Å². The third-order valence-corrected chi connectivity index (χ3v) is 3.37. The van der Waals surface area contributed by atoms with Gasteiger partial charge in [-0.2, -0.15) is 0 Å². The van der Waals surface area contributed by atoms with Crippen LogP contribution in [0.4, 0.5) is 0 Å². The second kappa shape index (κ2) is 9.24. The Balaban J connectivity index is 2.08. The van der Waals surface area contributed by atoms with Crippen molar-refractivity contribution in [3.63, 3.8) is 0 Å². The van der Waals surface area contributed by atoms with Crippen molar-refractivity contribution < 1.29 is 14.4 Å². The third kappa shape index (κ3) is 5.47. The Morgan fingerprint density at radius 1 is 1.20 bits per heavy atom. The summed E-state index contributed by atoms with van der Waals surface area (Å²) in [5.74, 6) is -1.01. The molecule has 1 heterocycles. The number of aromatic nitrogens is 1. The number of rotatable bonds is 8. The number of carbonyl (C=O) groups is 2. The summed E-state index contributed by atoms with van der Waals surface area (Å²) in [7, 11) is 0. The van der Waals surface area contributed by atoms with Gasteiger partial charge in [-0.1, -0.05) is 42.5 Å². The highest BCUT2D eigenvalue weighted by atomic mass is 16.2. The van der Waals surface area contributed by atoms with E-state index in [1.165, 1.54) is 13.0 Å². The normalized spacial score (nSPS) is 11.9. The van der Waals surface area contributed by atoms with Crippen molar-refractivity contribution in [3.8, 4) is 0 Å². The fraction of sp³-hybridized carbons (Fsp3) is 0.158. The van der Waals surface area contributed by atoms with Crippen LogP contribution in [0.2, 0.25) is 0 Å². The second-order valence-corrected chi connectivity index (χ2v) is 5.21. The highest BCUT2D eigenvalue weighted by Gasteiger charge is 2.27. The Labute approximate surface area is 146 Å². The molecule has 1 atom stereocenters. The van der Waals surface area contributed by atoms with Gasteiger partial charge >= 0.3 is 0 Å². The summed E-state index contributed by atoms with van der Waals surface area (Å²) in [4.78, 5) is 39.5. The maximum absolute atomic E-state index is 12.3. The van der Waals surface area contributed by atoms with Crippen LogP contribution < -0.4 is 5.43 Å². The zero-order valence-corrected chi connectivity index (χ0v) is 13.8. The zero-order chi connectivity index (χ0) is 18.1. The van der Waals surface area contributed by atoms with Crippen LogP contribution in [0.5, 0.6) is 0 Å². The van der Waals surface area contributed by atoms with Crippen molar-refractivity contribution in [3.05, 3.63) is 72.1 Å². The van der Waals surface area contributed by atoms with E-state index in [4.69, 9.17) is 0 Å². The lowest BCUT2D eigenvalue weighted by Gasteiger charge is -2.25. The number of nitrogens with zero attached hydrogens (tertiary/aromatic N) is 2. The van der Waals surface area contributed by atoms with E-state index in [9.17, 15) is 14.4 Å². The van der Waals surface area contributed by atoms with Gasteiger partial charge in [-0.25, -0.2) is 5.43 Å². The summed E-state index contributed by atoms with van der Waals surface area (Å²) in [6.45, 7) is 1.47. The van der Waals surface area contributed by atoms with Gasteiger partial charge in [0, 0.05) is 13.1 Å². The van der Waals surface area contributed by atoms with Gasteiger partial charge in [-0.05, 0) is 23.8 Å². The fourth-order valence-electron chi connectivity index (χ4n) is 2.12. The van der Waals surface area contributed by atoms with Crippen LogP contribution in [0.25, 0.3) is 6.08 Å². The van der Waals surface area contributed by atoms with Gasteiger partial charge in [0.2, 0.25) is 12.2 Å². The van der Waals surface area contributed by atoms with Crippen LogP contribution >= 0.6 is 0 Å². The summed E-state index contributed by atoms with van der Waals surface area (Å²) < 4.78 is 0. The third-order valence-electron chi connectivity index (χ3n) is 3.37. The average molecular weight is 336 g/mol. The molecule has 6 nitrogen and oxygen atoms in total. The fourth-order valence-corrected chi connectivity index (χ4v) is 2.12. The molecule has 1 unspecified atom stereocenters. The molecule has 0 aliphatic heterocycles. The standard InChI is InChI=1S/C19H18N3O3/c1-15(24)22(21-13-17-9-5-6-12-20-17)18(14-23)19(25)11-10-16-7-3-2-4-8-16/h2-12,18,21H,13H2,1H3. The van der Waals surface area contributed by atoms with Crippen molar-refractivity contribution in [2.45, 2.75) is 19.5 Å². The summed E-state index contributed by atoms with van der Waals surface area (Å²) in [6, 6.07) is 13.2. The lowest BCUT2D eigenvalue weighted by atomic mass is 10.1. The van der Waals surface area contributed by atoms with E-state index >= 15 is 0 Å². The first-order valence-corrected chi connectivity index (χ1v) is 7.69. The Bertz CT molecular complexity index is 745. The van der Waals surface area contributed by atoms with Crippen LogP contribution in [0.3, 0.4) is 0 Å². The van der Waals surface area contributed by atoms with Gasteiger partial charge in [0.1, 0.15) is 0 Å². The molecule has 0 fully saturated rings. The molecule has 25 heavy (non-hydrogen) atoms. The molecular formula is C19H18N3O3. The predicted molar refractivity (Wildman–Crippen MR) is 93.6 cm³/mol.